The molecule has 1 saturated heterocycles. The van der Waals surface area contributed by atoms with Gasteiger partial charge in [-0.05, 0) is 18.2 Å². The third-order valence-corrected chi connectivity index (χ3v) is 5.68. The summed E-state index contributed by atoms with van der Waals surface area (Å²) in [5, 5.41) is 5.04. The van der Waals surface area contributed by atoms with Gasteiger partial charge in [0.15, 0.2) is 5.13 Å². The van der Waals surface area contributed by atoms with Crippen molar-refractivity contribution in [2.24, 2.45) is 5.92 Å². The lowest BCUT2D eigenvalue weighted by molar-refractivity contribution is -0.132. The van der Waals surface area contributed by atoms with E-state index in [-0.39, 0.29) is 30.1 Å². The van der Waals surface area contributed by atoms with Crippen LogP contribution in [0.15, 0.2) is 29.6 Å². The molecule has 0 atom stereocenters. The molecule has 1 N–H and O–H groups in total. The minimum Gasteiger partial charge on any atom is -0.497 e. The standard InChI is InChI=1S/C21H26N4O4S/c1-14(2)19(27)23-21-22-16(13-30-21)12-18(26)24-7-9-25(10-8-24)20(28)15-5-4-6-17(11-15)29-3/h4-6,11,13-14H,7-10,12H2,1-3H3,(H,22,23,27). The summed E-state index contributed by atoms with van der Waals surface area (Å²) in [7, 11) is 1.57. The summed E-state index contributed by atoms with van der Waals surface area (Å²) < 4.78 is 5.18. The smallest absolute Gasteiger partial charge is 0.254 e. The van der Waals surface area contributed by atoms with Crippen LogP contribution in [0.1, 0.15) is 29.9 Å². The van der Waals surface area contributed by atoms with Crippen LogP contribution >= 0.6 is 11.3 Å². The van der Waals surface area contributed by atoms with Crippen molar-refractivity contribution in [3.05, 3.63) is 40.9 Å². The summed E-state index contributed by atoms with van der Waals surface area (Å²) in [6.45, 7) is 5.55. The molecular weight excluding hydrogens is 404 g/mol. The first kappa shape index (κ1) is 21.8. The summed E-state index contributed by atoms with van der Waals surface area (Å²) in [4.78, 5) is 44.9. The Labute approximate surface area is 179 Å². The van der Waals surface area contributed by atoms with Crippen molar-refractivity contribution in [1.29, 1.82) is 0 Å². The average molecular weight is 431 g/mol. The number of aromatic nitrogens is 1. The first-order valence-electron chi connectivity index (χ1n) is 9.83. The molecule has 2 heterocycles. The van der Waals surface area contributed by atoms with Crippen LogP contribution in [0.5, 0.6) is 5.75 Å². The number of carbonyl (C=O) groups is 3. The van der Waals surface area contributed by atoms with Crippen molar-refractivity contribution < 1.29 is 19.1 Å². The van der Waals surface area contributed by atoms with E-state index in [1.54, 1.807) is 46.6 Å². The largest absolute Gasteiger partial charge is 0.497 e. The maximum atomic E-state index is 12.7. The Kier molecular flexibility index (Phi) is 7.04. The zero-order chi connectivity index (χ0) is 21.7. The van der Waals surface area contributed by atoms with Gasteiger partial charge in [-0.3, -0.25) is 14.4 Å². The van der Waals surface area contributed by atoms with E-state index in [1.807, 2.05) is 13.8 Å². The minimum atomic E-state index is -0.130. The van der Waals surface area contributed by atoms with Gasteiger partial charge in [-0.2, -0.15) is 0 Å². The monoisotopic (exact) mass is 430 g/mol. The highest BCUT2D eigenvalue weighted by atomic mass is 32.1. The van der Waals surface area contributed by atoms with E-state index < -0.39 is 0 Å². The van der Waals surface area contributed by atoms with E-state index in [1.165, 1.54) is 11.3 Å². The van der Waals surface area contributed by atoms with Gasteiger partial charge in [0.2, 0.25) is 11.8 Å². The number of anilines is 1. The molecule has 2 aromatic rings. The molecule has 1 aliphatic rings. The predicted octanol–water partition coefficient (Wildman–Crippen LogP) is 2.27. The van der Waals surface area contributed by atoms with Crippen LogP contribution in [-0.2, 0) is 16.0 Å². The summed E-state index contributed by atoms with van der Waals surface area (Å²) >= 11 is 1.31. The average Bonchev–Trinajstić information content (AvgIpc) is 3.19. The van der Waals surface area contributed by atoms with Crippen molar-refractivity contribution in [3.63, 3.8) is 0 Å². The molecule has 0 bridgehead atoms. The number of nitrogens with zero attached hydrogens (tertiary/aromatic N) is 3. The molecule has 8 nitrogen and oxygen atoms in total. The Bertz CT molecular complexity index is 919. The number of thiazole rings is 1. The summed E-state index contributed by atoms with van der Waals surface area (Å²) in [5.41, 5.74) is 1.21. The van der Waals surface area contributed by atoms with Crippen molar-refractivity contribution in [2.45, 2.75) is 20.3 Å². The number of ether oxygens (including phenoxy) is 1. The van der Waals surface area contributed by atoms with Gasteiger partial charge in [-0.1, -0.05) is 19.9 Å². The second-order valence-corrected chi connectivity index (χ2v) is 8.23. The Balaban J connectivity index is 1.51. The highest BCUT2D eigenvalue weighted by Gasteiger charge is 2.25. The molecule has 0 spiro atoms. The summed E-state index contributed by atoms with van der Waals surface area (Å²) in [6.07, 6.45) is 0.178. The van der Waals surface area contributed by atoms with Crippen LogP contribution in [0, 0.1) is 5.92 Å². The second kappa shape index (κ2) is 9.71. The number of benzene rings is 1. The highest BCUT2D eigenvalue weighted by Crippen LogP contribution is 2.18. The fraction of sp³-hybridized carbons (Fsp3) is 0.429. The molecule has 0 aliphatic carbocycles. The summed E-state index contributed by atoms with van der Waals surface area (Å²) in [6, 6.07) is 7.07. The lowest BCUT2D eigenvalue weighted by Gasteiger charge is -2.34. The SMILES string of the molecule is COc1cccc(C(=O)N2CCN(C(=O)Cc3csc(NC(=O)C(C)C)n3)CC2)c1. The van der Waals surface area contributed by atoms with Gasteiger partial charge in [0.25, 0.3) is 5.91 Å². The van der Waals surface area contributed by atoms with Crippen molar-refractivity contribution >= 4 is 34.2 Å². The van der Waals surface area contributed by atoms with Crippen molar-refractivity contribution in [3.8, 4) is 5.75 Å². The van der Waals surface area contributed by atoms with Crippen molar-refractivity contribution in [2.75, 3.05) is 38.6 Å². The first-order valence-corrected chi connectivity index (χ1v) is 10.7. The van der Waals surface area contributed by atoms with E-state index in [0.29, 0.717) is 48.3 Å². The molecule has 0 radical (unpaired) electrons. The molecule has 3 amide bonds. The number of rotatable bonds is 6. The van der Waals surface area contributed by atoms with Gasteiger partial charge in [0.1, 0.15) is 5.75 Å². The van der Waals surface area contributed by atoms with Gasteiger partial charge in [-0.25, -0.2) is 4.98 Å². The predicted molar refractivity (Wildman–Crippen MR) is 115 cm³/mol. The Morgan fingerprint density at radius 1 is 1.17 bits per heavy atom. The van der Waals surface area contributed by atoms with Crippen LogP contribution in [0.25, 0.3) is 0 Å². The second-order valence-electron chi connectivity index (χ2n) is 7.37. The number of hydrogen-bond acceptors (Lipinski definition) is 6. The maximum absolute atomic E-state index is 12.7. The third-order valence-electron chi connectivity index (χ3n) is 4.87. The molecule has 1 aromatic heterocycles. The highest BCUT2D eigenvalue weighted by molar-refractivity contribution is 7.13. The van der Waals surface area contributed by atoms with Crippen LogP contribution in [0.3, 0.4) is 0 Å². The number of methoxy groups -OCH3 is 1. The summed E-state index contributed by atoms with van der Waals surface area (Å²) in [5.74, 6) is 0.317. The molecule has 30 heavy (non-hydrogen) atoms. The molecule has 1 fully saturated rings. The Hall–Kier alpha value is -2.94. The van der Waals surface area contributed by atoms with E-state index in [0.717, 1.165) is 0 Å². The third kappa shape index (κ3) is 5.35. The molecule has 160 valence electrons. The van der Waals surface area contributed by atoms with E-state index in [4.69, 9.17) is 4.74 Å². The van der Waals surface area contributed by atoms with Crippen molar-refractivity contribution in [1.82, 2.24) is 14.8 Å². The number of carbonyl (C=O) groups excluding carboxylic acids is 3. The van der Waals surface area contributed by atoms with E-state index in [9.17, 15) is 14.4 Å². The molecule has 9 heteroatoms. The number of hydrogen-bond donors (Lipinski definition) is 1. The van der Waals surface area contributed by atoms with E-state index in [2.05, 4.69) is 10.3 Å². The van der Waals surface area contributed by atoms with Crippen LogP contribution in [0.4, 0.5) is 5.13 Å². The van der Waals surface area contributed by atoms with E-state index >= 15 is 0 Å². The van der Waals surface area contributed by atoms with Gasteiger partial charge >= 0.3 is 0 Å². The quantitative estimate of drug-likeness (QED) is 0.759. The number of piperazine rings is 1. The Morgan fingerprint density at radius 2 is 1.87 bits per heavy atom. The first-order chi connectivity index (χ1) is 14.4. The lowest BCUT2D eigenvalue weighted by atomic mass is 10.1. The van der Waals surface area contributed by atoms with Gasteiger partial charge < -0.3 is 19.9 Å². The van der Waals surface area contributed by atoms with Gasteiger partial charge in [0.05, 0.1) is 19.2 Å². The molecule has 3 rings (SSSR count). The molecule has 0 saturated carbocycles. The molecular formula is C21H26N4O4S. The number of nitrogens with one attached hydrogen (secondary N) is 1. The van der Waals surface area contributed by atoms with Crippen LogP contribution in [0.2, 0.25) is 0 Å². The normalized spacial score (nSPS) is 14.0. The van der Waals surface area contributed by atoms with Gasteiger partial charge in [-0.15, -0.1) is 11.3 Å². The van der Waals surface area contributed by atoms with Crippen LogP contribution in [-0.4, -0.2) is 65.8 Å². The Morgan fingerprint density at radius 3 is 2.53 bits per heavy atom. The molecule has 1 aromatic carbocycles. The minimum absolute atomic E-state index is 0.0319. The molecule has 1 aliphatic heterocycles. The van der Waals surface area contributed by atoms with Gasteiger partial charge in [0, 0.05) is 43.0 Å². The number of amides is 3. The zero-order valence-electron chi connectivity index (χ0n) is 17.4. The fourth-order valence-electron chi connectivity index (χ4n) is 3.06. The van der Waals surface area contributed by atoms with Crippen LogP contribution < -0.4 is 10.1 Å². The topological polar surface area (TPSA) is 91.8 Å². The lowest BCUT2D eigenvalue weighted by Crippen LogP contribution is -2.51. The molecule has 0 unspecified atom stereocenters. The fourth-order valence-corrected chi connectivity index (χ4v) is 3.77. The maximum Gasteiger partial charge on any atom is 0.254 e. The zero-order valence-corrected chi connectivity index (χ0v) is 18.2.